The van der Waals surface area contributed by atoms with E-state index in [9.17, 15) is 0 Å². The van der Waals surface area contributed by atoms with E-state index in [-0.39, 0.29) is 11.3 Å². The molecule has 1 nitrogen and oxygen atoms in total. The van der Waals surface area contributed by atoms with Crippen LogP contribution in [0.3, 0.4) is 0 Å². The van der Waals surface area contributed by atoms with Crippen LogP contribution < -0.4 is 5.32 Å². The van der Waals surface area contributed by atoms with Crippen LogP contribution in [0.25, 0.3) is 38.6 Å². The standard InChI is InChI=1S/C43H37N/c1-30-17-16-28-43(30,3)31(2)44-36-27-26-35(29-36)40-38-25-15-14-24-37(38)39(32-18-10-6-11-19-32)41(33-20-8-4-5-9-21-33)42(40)34-22-12-7-13-23-34/h4,6-27,29,35,44H,1-2,5,28H2,3H3/t35?,43-/m0/s1. The Morgan fingerprint density at radius 2 is 1.43 bits per heavy atom. The van der Waals surface area contributed by atoms with Gasteiger partial charge in [0, 0.05) is 22.7 Å². The summed E-state index contributed by atoms with van der Waals surface area (Å²) in [5.74, 6) is 0.0811. The molecule has 0 aromatic heterocycles. The number of hydrogen-bond acceptors (Lipinski definition) is 1. The number of fused-ring (bicyclic) bond motifs is 1. The van der Waals surface area contributed by atoms with Crippen molar-refractivity contribution in [2.45, 2.75) is 25.7 Å². The molecule has 0 saturated carbocycles. The van der Waals surface area contributed by atoms with Crippen molar-refractivity contribution >= 4 is 16.3 Å². The zero-order chi connectivity index (χ0) is 30.1. The van der Waals surface area contributed by atoms with E-state index in [1.807, 2.05) is 0 Å². The fourth-order valence-electron chi connectivity index (χ4n) is 6.81. The number of hydrogen-bond donors (Lipinski definition) is 1. The lowest BCUT2D eigenvalue weighted by Crippen LogP contribution is -2.26. The van der Waals surface area contributed by atoms with Crippen LogP contribution in [0.2, 0.25) is 0 Å². The third-order valence-corrected chi connectivity index (χ3v) is 9.34. The Bertz CT molecular complexity index is 1960. The molecule has 0 bridgehead atoms. The normalized spacial score (nSPS) is 20.6. The highest BCUT2D eigenvalue weighted by molar-refractivity contribution is 6.11. The highest BCUT2D eigenvalue weighted by Crippen LogP contribution is 2.49. The molecule has 0 aliphatic heterocycles. The molecule has 0 fully saturated rings. The van der Waals surface area contributed by atoms with E-state index in [0.717, 1.165) is 29.8 Å². The molecule has 0 radical (unpaired) electrons. The van der Waals surface area contributed by atoms with Gasteiger partial charge in [-0.15, -0.1) is 0 Å². The quantitative estimate of drug-likeness (QED) is 0.234. The molecule has 0 amide bonds. The first kappa shape index (κ1) is 27.7. The fourth-order valence-corrected chi connectivity index (χ4v) is 6.81. The van der Waals surface area contributed by atoms with Crippen LogP contribution in [0, 0.1) is 5.41 Å². The number of benzene rings is 4. The van der Waals surface area contributed by atoms with Crippen LogP contribution in [0.4, 0.5) is 0 Å². The third-order valence-electron chi connectivity index (χ3n) is 9.34. The van der Waals surface area contributed by atoms with Crippen molar-refractivity contribution in [1.29, 1.82) is 0 Å². The minimum atomic E-state index is -0.176. The Morgan fingerprint density at radius 3 is 2.14 bits per heavy atom. The predicted octanol–water partition coefficient (Wildman–Crippen LogP) is 11.2. The lowest BCUT2D eigenvalue weighted by molar-refractivity contribution is 0.492. The Hall–Kier alpha value is -5.14. The van der Waals surface area contributed by atoms with Crippen LogP contribution in [-0.2, 0) is 0 Å². The van der Waals surface area contributed by atoms with Gasteiger partial charge in [0.15, 0.2) is 0 Å². The molecule has 2 atom stereocenters. The number of rotatable bonds is 7. The van der Waals surface area contributed by atoms with Gasteiger partial charge in [-0.3, -0.25) is 0 Å². The molecule has 4 aromatic carbocycles. The summed E-state index contributed by atoms with van der Waals surface area (Å²) in [6.07, 6.45) is 24.3. The van der Waals surface area contributed by atoms with Crippen molar-refractivity contribution in [2.24, 2.45) is 5.41 Å². The van der Waals surface area contributed by atoms with E-state index in [4.69, 9.17) is 0 Å². The molecular formula is C43H37N. The van der Waals surface area contributed by atoms with Gasteiger partial charge in [0.25, 0.3) is 0 Å². The van der Waals surface area contributed by atoms with Crippen LogP contribution in [0.1, 0.15) is 36.8 Å². The molecule has 44 heavy (non-hydrogen) atoms. The second-order valence-electron chi connectivity index (χ2n) is 12.1. The van der Waals surface area contributed by atoms with Crippen LogP contribution in [0.15, 0.2) is 176 Å². The summed E-state index contributed by atoms with van der Waals surface area (Å²) in [4.78, 5) is 0. The van der Waals surface area contributed by atoms with Crippen LogP contribution in [-0.4, -0.2) is 0 Å². The van der Waals surface area contributed by atoms with Crippen LogP contribution >= 0.6 is 0 Å². The van der Waals surface area contributed by atoms with Gasteiger partial charge < -0.3 is 5.32 Å². The average Bonchev–Trinajstić information content (AvgIpc) is 3.55. The first-order valence-electron chi connectivity index (χ1n) is 15.5. The molecule has 214 valence electrons. The summed E-state index contributed by atoms with van der Waals surface area (Å²) in [5.41, 5.74) is 11.8. The van der Waals surface area contributed by atoms with Gasteiger partial charge in [-0.1, -0.05) is 147 Å². The first-order chi connectivity index (χ1) is 21.5. The number of nitrogens with one attached hydrogen (secondary N) is 1. The molecule has 1 unspecified atom stereocenters. The first-order valence-corrected chi connectivity index (χ1v) is 15.5. The van der Waals surface area contributed by atoms with Gasteiger partial charge in [0.1, 0.15) is 0 Å². The van der Waals surface area contributed by atoms with Gasteiger partial charge >= 0.3 is 0 Å². The summed E-state index contributed by atoms with van der Waals surface area (Å²) in [6.45, 7) is 11.0. The maximum atomic E-state index is 4.46. The van der Waals surface area contributed by atoms with Crippen molar-refractivity contribution in [3.8, 4) is 22.3 Å². The minimum absolute atomic E-state index is 0.0811. The third kappa shape index (κ3) is 4.85. The SMILES string of the molecule is C=C1C=CC[C@]1(C)C(=C)NC1=CC(c2c(-c3ccccc3)c(C3=CC=CCC=C3)c(-c3ccccc3)c3ccccc23)C=C1. The summed E-state index contributed by atoms with van der Waals surface area (Å²) in [7, 11) is 0. The van der Waals surface area contributed by atoms with Gasteiger partial charge in [-0.25, -0.2) is 0 Å². The maximum absolute atomic E-state index is 4.46. The largest absolute Gasteiger partial charge is 0.359 e. The van der Waals surface area contributed by atoms with Gasteiger partial charge in [-0.2, -0.15) is 0 Å². The Morgan fingerprint density at radius 1 is 0.750 bits per heavy atom. The van der Waals surface area contributed by atoms with E-state index in [1.165, 1.54) is 49.7 Å². The van der Waals surface area contributed by atoms with E-state index in [2.05, 4.69) is 171 Å². The molecule has 1 N–H and O–H groups in total. The summed E-state index contributed by atoms with van der Waals surface area (Å²) in [5, 5.41) is 6.21. The lowest BCUT2D eigenvalue weighted by atomic mass is 9.77. The highest BCUT2D eigenvalue weighted by atomic mass is 14.9. The fraction of sp³-hybridized carbons (Fsp3) is 0.116. The molecule has 0 saturated heterocycles. The molecule has 3 aliphatic rings. The average molecular weight is 568 g/mol. The predicted molar refractivity (Wildman–Crippen MR) is 189 cm³/mol. The Kier molecular flexibility index (Phi) is 7.24. The second-order valence-corrected chi connectivity index (χ2v) is 12.1. The summed E-state index contributed by atoms with van der Waals surface area (Å²) in [6, 6.07) is 30.7. The summed E-state index contributed by atoms with van der Waals surface area (Å²) < 4.78 is 0. The van der Waals surface area contributed by atoms with Crippen molar-refractivity contribution in [2.75, 3.05) is 0 Å². The second kappa shape index (κ2) is 11.5. The summed E-state index contributed by atoms with van der Waals surface area (Å²) >= 11 is 0. The molecule has 0 spiro atoms. The molecule has 7 rings (SSSR count). The van der Waals surface area contributed by atoms with Gasteiger partial charge in [0.05, 0.1) is 0 Å². The van der Waals surface area contributed by atoms with E-state index < -0.39 is 0 Å². The van der Waals surface area contributed by atoms with Crippen molar-refractivity contribution < 1.29 is 0 Å². The van der Waals surface area contributed by atoms with Crippen molar-refractivity contribution in [3.63, 3.8) is 0 Å². The molecular weight excluding hydrogens is 530 g/mol. The lowest BCUT2D eigenvalue weighted by Gasteiger charge is -2.29. The molecule has 4 aromatic rings. The maximum Gasteiger partial charge on any atom is 0.0347 e. The van der Waals surface area contributed by atoms with Gasteiger partial charge in [-0.05, 0) is 87.2 Å². The zero-order valence-electron chi connectivity index (χ0n) is 25.3. The van der Waals surface area contributed by atoms with Crippen molar-refractivity contribution in [3.05, 3.63) is 187 Å². The molecule has 1 heteroatoms. The molecule has 0 heterocycles. The van der Waals surface area contributed by atoms with Crippen LogP contribution in [0.5, 0.6) is 0 Å². The molecule has 3 aliphatic carbocycles. The van der Waals surface area contributed by atoms with E-state index in [0.29, 0.717) is 0 Å². The Labute approximate surface area is 261 Å². The number of allylic oxidation sites excluding steroid dienone is 12. The smallest absolute Gasteiger partial charge is 0.0347 e. The van der Waals surface area contributed by atoms with E-state index in [1.54, 1.807) is 0 Å². The van der Waals surface area contributed by atoms with Gasteiger partial charge in [0.2, 0.25) is 0 Å². The van der Waals surface area contributed by atoms with Crippen molar-refractivity contribution in [1.82, 2.24) is 5.32 Å². The minimum Gasteiger partial charge on any atom is -0.359 e. The Balaban J connectivity index is 1.49. The van der Waals surface area contributed by atoms with E-state index >= 15 is 0 Å². The zero-order valence-corrected chi connectivity index (χ0v) is 25.3. The highest BCUT2D eigenvalue weighted by Gasteiger charge is 2.33. The monoisotopic (exact) mass is 567 g/mol. The topological polar surface area (TPSA) is 12.0 Å².